The highest BCUT2D eigenvalue weighted by Gasteiger charge is 2.38. The first-order valence-corrected chi connectivity index (χ1v) is 15.4. The number of fused-ring (bicyclic) bond motifs is 1. The number of hydrogen-bond donors (Lipinski definition) is 0. The van der Waals surface area contributed by atoms with Gasteiger partial charge >= 0.3 is 6.18 Å². The Hall–Kier alpha value is -3.44. The van der Waals surface area contributed by atoms with E-state index < -0.39 is 175 Å². The molecule has 6 nitrogen and oxygen atoms in total. The highest BCUT2D eigenvalue weighted by molar-refractivity contribution is 7.98. The topological polar surface area (TPSA) is 58.4 Å². The lowest BCUT2D eigenvalue weighted by molar-refractivity contribution is -0.131. The molecule has 0 radical (unpaired) electrons. The molecule has 0 saturated carbocycles. The van der Waals surface area contributed by atoms with Gasteiger partial charge < -0.3 is 14.4 Å². The fraction of sp³-hybridized carbons (Fsp3) is 0.486. The highest BCUT2D eigenvalue weighted by Crippen LogP contribution is 2.40. The Morgan fingerprint density at radius 3 is 2.52 bits per heavy atom. The standard InChI is InChI=1S/C37H44F4N4O2S/c1-4-43(5-2)19-20-44(22-26-9-13-28(14-10-26)29-15-18-32(25(3)21-29)37(39,40)41)34(46)23-45-33-8-6-7-31(33)35(47)42-36(45)48-24-27-11-16-30(38)17-12-27/h9,11-13,15-18,25H,4-8,10,14,19-24H2,1-3H3/i4D2,5D2,9D,10D,11D,12D,13D,14D,15D,16D,17D,18D,21D,22D2,23D2,24D2. The maximum Gasteiger partial charge on any atom is 0.412 e. The second-order valence-corrected chi connectivity index (χ2v) is 11.2. The lowest BCUT2D eigenvalue weighted by Crippen LogP contribution is -2.42. The molecule has 2 aromatic rings. The second-order valence-electron chi connectivity index (χ2n) is 10.4. The van der Waals surface area contributed by atoms with Crippen LogP contribution in [-0.4, -0.2) is 64.0 Å². The molecule has 0 bridgehead atoms. The normalized spacial score (nSPS) is 31.1. The molecule has 1 heterocycles. The zero-order chi connectivity index (χ0) is 53.0. The fourth-order valence-corrected chi connectivity index (χ4v) is 5.59. The minimum absolute atomic E-state index is 0.00956. The van der Waals surface area contributed by atoms with Gasteiger partial charge in [-0.15, -0.1) is 0 Å². The van der Waals surface area contributed by atoms with E-state index in [0.29, 0.717) is 9.47 Å². The van der Waals surface area contributed by atoms with Gasteiger partial charge in [-0.25, -0.2) is 4.39 Å². The Bertz CT molecular complexity index is 2620. The van der Waals surface area contributed by atoms with Crippen molar-refractivity contribution in [3.8, 4) is 0 Å². The molecule has 4 atom stereocenters. The Kier molecular flexibility index (Phi) is 5.77. The molecule has 5 rings (SSSR count). The molecule has 11 heteroatoms. The van der Waals surface area contributed by atoms with Crippen molar-refractivity contribution in [1.82, 2.24) is 19.4 Å². The van der Waals surface area contributed by atoms with Crippen LogP contribution in [-0.2, 0) is 29.8 Å². The smallest absolute Gasteiger partial charge is 0.336 e. The Labute approximate surface area is 313 Å². The molecule has 0 aliphatic heterocycles. The number of likely N-dealkylation sites (N-methyl/N-ethyl adjacent to an activating group) is 1. The molecule has 48 heavy (non-hydrogen) atoms. The highest BCUT2D eigenvalue weighted by atomic mass is 32.2. The van der Waals surface area contributed by atoms with Gasteiger partial charge in [0.2, 0.25) is 5.91 Å². The largest absolute Gasteiger partial charge is 0.412 e. The molecule has 1 aromatic heterocycles. The van der Waals surface area contributed by atoms with E-state index in [9.17, 15) is 27.8 Å². The molecular formula is C37H44F4N4O2S. The second kappa shape index (κ2) is 15.8. The van der Waals surface area contributed by atoms with Crippen molar-refractivity contribution < 1.29 is 51.1 Å². The third-order valence-electron chi connectivity index (χ3n) is 7.29. The summed E-state index contributed by atoms with van der Waals surface area (Å²) >= 11 is -0.204. The number of nitrogens with zero attached hydrogens (tertiary/aromatic N) is 4. The molecule has 0 fully saturated rings. The predicted octanol–water partition coefficient (Wildman–Crippen LogP) is 7.44. The summed E-state index contributed by atoms with van der Waals surface area (Å²) in [4.78, 5) is 32.8. The summed E-state index contributed by atoms with van der Waals surface area (Å²) in [5, 5.41) is -1.01. The van der Waals surface area contributed by atoms with Crippen molar-refractivity contribution in [2.75, 3.05) is 32.6 Å². The first kappa shape index (κ1) is 17.5. The van der Waals surface area contributed by atoms with Gasteiger partial charge in [-0.1, -0.05) is 74.4 Å². The molecule has 3 aliphatic rings. The number of benzene rings is 1. The van der Waals surface area contributed by atoms with Crippen LogP contribution in [0.5, 0.6) is 0 Å². The number of hydrogen-bond acceptors (Lipinski definition) is 5. The molecule has 1 amide bonds. The zero-order valence-corrected chi connectivity index (χ0v) is 26.7. The van der Waals surface area contributed by atoms with E-state index in [1.807, 2.05) is 0 Å². The zero-order valence-electron chi connectivity index (χ0n) is 46.9. The van der Waals surface area contributed by atoms with E-state index in [2.05, 4.69) is 4.98 Å². The maximum atomic E-state index is 15.1. The van der Waals surface area contributed by atoms with Crippen molar-refractivity contribution in [2.24, 2.45) is 5.92 Å². The summed E-state index contributed by atoms with van der Waals surface area (Å²) in [6.45, 7) is -12.3. The van der Waals surface area contributed by atoms with Crippen molar-refractivity contribution in [3.63, 3.8) is 0 Å². The summed E-state index contributed by atoms with van der Waals surface area (Å²) in [6, 6.07) is -10.2. The molecule has 1 aromatic carbocycles. The van der Waals surface area contributed by atoms with Crippen LogP contribution >= 0.6 is 11.8 Å². The molecule has 3 aliphatic carbocycles. The monoisotopic (exact) mass is 705 g/mol. The summed E-state index contributed by atoms with van der Waals surface area (Å²) < 4.78 is 239. The number of amides is 1. The van der Waals surface area contributed by atoms with Crippen molar-refractivity contribution >= 4 is 17.7 Å². The van der Waals surface area contributed by atoms with Crippen molar-refractivity contribution in [1.29, 1.82) is 0 Å². The van der Waals surface area contributed by atoms with Gasteiger partial charge in [-0.05, 0) is 86.2 Å². The van der Waals surface area contributed by atoms with Crippen LogP contribution in [0.4, 0.5) is 17.6 Å². The van der Waals surface area contributed by atoms with Gasteiger partial charge in [-0.2, -0.15) is 18.2 Å². The van der Waals surface area contributed by atoms with E-state index in [4.69, 9.17) is 23.3 Å². The van der Waals surface area contributed by atoms with Crippen LogP contribution < -0.4 is 5.56 Å². The van der Waals surface area contributed by atoms with E-state index in [1.165, 1.54) is 0 Å². The molecule has 4 unspecified atom stereocenters. The average molecular weight is 706 g/mol. The minimum Gasteiger partial charge on any atom is -0.336 e. The number of carbonyl (C=O) groups is 1. The number of rotatable bonds is 13. The van der Waals surface area contributed by atoms with Crippen LogP contribution in [0.25, 0.3) is 0 Å². The van der Waals surface area contributed by atoms with E-state index in [1.54, 1.807) is 0 Å². The number of carbonyl (C=O) groups excluding carboxylic acids is 1. The van der Waals surface area contributed by atoms with Crippen LogP contribution in [0.3, 0.4) is 0 Å². The summed E-state index contributed by atoms with van der Waals surface area (Å²) in [5.41, 5.74) is -10.3. The quantitative estimate of drug-likeness (QED) is 0.123. The van der Waals surface area contributed by atoms with Crippen LogP contribution in [0.15, 0.2) is 80.6 Å². The van der Waals surface area contributed by atoms with Gasteiger partial charge in [-0.3, -0.25) is 9.59 Å². The van der Waals surface area contributed by atoms with Gasteiger partial charge in [0.25, 0.3) is 5.56 Å². The summed E-state index contributed by atoms with van der Waals surface area (Å²) in [5.74, 6) is -5.52. The number of alkyl halides is 3. The van der Waals surface area contributed by atoms with Crippen LogP contribution in [0, 0.1) is 11.7 Å². The molecular weight excluding hydrogens is 640 g/mol. The summed E-state index contributed by atoms with van der Waals surface area (Å²) in [6.07, 6.45) is -12.2. The van der Waals surface area contributed by atoms with E-state index >= 15 is 4.79 Å². The third kappa shape index (κ3) is 8.77. The average Bonchev–Trinajstić information content (AvgIpc) is 3.69. The number of allylic oxidation sites excluding steroid dienone is 7. The van der Waals surface area contributed by atoms with Gasteiger partial charge in [0.15, 0.2) is 5.16 Å². The molecule has 0 spiro atoms. The van der Waals surface area contributed by atoms with Crippen LogP contribution in [0.2, 0.25) is 0 Å². The van der Waals surface area contributed by atoms with Gasteiger partial charge in [0.1, 0.15) is 12.3 Å². The SMILES string of the molecule is [2H]C1=C(C2=C([2H])C([2H])=C(C(F)(F)F)C(C)C2[2H])C([2H])C([2H])C(C([2H])([2H])N(CCN(C([2H])([2H])C)C([2H])([2H])C)C(=O)C([2H])([2H])n2c(SC([2H])([2H])c3c([2H])c([2H])c(F)c([2H])c3[2H])nc(=O)c3c2CCC3)=C1[2H]. The summed E-state index contributed by atoms with van der Waals surface area (Å²) in [7, 11) is 0. The fourth-order valence-electron chi connectivity index (χ4n) is 4.92. The lowest BCUT2D eigenvalue weighted by Gasteiger charge is -2.30. The third-order valence-corrected chi connectivity index (χ3v) is 8.05. The predicted molar refractivity (Wildman–Crippen MR) is 182 cm³/mol. The Morgan fingerprint density at radius 2 is 1.81 bits per heavy atom. The first-order chi connectivity index (χ1) is 31.2. The van der Waals surface area contributed by atoms with Crippen molar-refractivity contribution in [3.05, 3.63) is 104 Å². The minimum atomic E-state index is -5.18. The molecule has 258 valence electrons. The van der Waals surface area contributed by atoms with Crippen LogP contribution in [0.1, 0.15) is 92.0 Å². The Balaban J connectivity index is 1.78. The lowest BCUT2D eigenvalue weighted by atomic mass is 9.82. The molecule has 0 N–H and O–H groups in total. The Morgan fingerprint density at radius 1 is 1.08 bits per heavy atom. The van der Waals surface area contributed by atoms with E-state index in [0.717, 1.165) is 20.8 Å². The van der Waals surface area contributed by atoms with E-state index in [-0.39, 0.29) is 47.2 Å². The van der Waals surface area contributed by atoms with Gasteiger partial charge in [0.05, 0.1) is 16.4 Å². The number of halogens is 4. The molecule has 0 saturated heterocycles. The van der Waals surface area contributed by atoms with Crippen molar-refractivity contribution in [2.45, 2.75) is 82.8 Å². The maximum absolute atomic E-state index is 15.1. The number of thioether (sulfide) groups is 1. The van der Waals surface area contributed by atoms with Gasteiger partial charge in [0, 0.05) is 54.5 Å². The number of aromatic nitrogens is 2. The first-order valence-electron chi connectivity index (χ1n) is 25.3.